The number of amides is 1. The zero-order chi connectivity index (χ0) is 16.5. The SMILES string of the molecule is Cc1nc2cc(CNC(=O)[C@@H](C)NS(C)(=O)=O)ccc2n1C. The Morgan fingerprint density at radius 3 is 2.73 bits per heavy atom. The Morgan fingerprint density at radius 2 is 2.09 bits per heavy atom. The molecule has 120 valence electrons. The third-order valence-corrected chi connectivity index (χ3v) is 4.20. The second-order valence-electron chi connectivity index (χ2n) is 5.37. The first-order chi connectivity index (χ1) is 10.2. The Labute approximate surface area is 129 Å². The first-order valence-corrected chi connectivity index (χ1v) is 8.73. The number of carbonyl (C=O) groups excluding carboxylic acids is 1. The van der Waals surface area contributed by atoms with Crippen LogP contribution >= 0.6 is 0 Å². The van der Waals surface area contributed by atoms with Gasteiger partial charge in [-0.15, -0.1) is 0 Å². The molecule has 8 heteroatoms. The third-order valence-electron chi connectivity index (χ3n) is 3.42. The highest BCUT2D eigenvalue weighted by atomic mass is 32.2. The van der Waals surface area contributed by atoms with Crippen molar-refractivity contribution in [3.05, 3.63) is 29.6 Å². The van der Waals surface area contributed by atoms with Crippen molar-refractivity contribution >= 4 is 27.0 Å². The predicted molar refractivity (Wildman–Crippen MR) is 84.7 cm³/mol. The van der Waals surface area contributed by atoms with Crippen molar-refractivity contribution in [2.45, 2.75) is 26.4 Å². The highest BCUT2D eigenvalue weighted by molar-refractivity contribution is 7.88. The highest BCUT2D eigenvalue weighted by Gasteiger charge is 2.16. The largest absolute Gasteiger partial charge is 0.351 e. The molecule has 0 spiro atoms. The summed E-state index contributed by atoms with van der Waals surface area (Å²) >= 11 is 0. The minimum Gasteiger partial charge on any atom is -0.351 e. The van der Waals surface area contributed by atoms with E-state index >= 15 is 0 Å². The van der Waals surface area contributed by atoms with Crippen LogP contribution < -0.4 is 10.0 Å². The first kappa shape index (κ1) is 16.4. The Kier molecular flexibility index (Phi) is 4.52. The molecule has 0 saturated carbocycles. The maximum Gasteiger partial charge on any atom is 0.238 e. The lowest BCUT2D eigenvalue weighted by molar-refractivity contribution is -0.122. The second-order valence-corrected chi connectivity index (χ2v) is 7.15. The maximum absolute atomic E-state index is 11.9. The summed E-state index contributed by atoms with van der Waals surface area (Å²) in [5, 5.41) is 2.71. The summed E-state index contributed by atoms with van der Waals surface area (Å²) in [4.78, 5) is 16.3. The van der Waals surface area contributed by atoms with Gasteiger partial charge in [0, 0.05) is 13.6 Å². The van der Waals surface area contributed by atoms with Crippen LogP contribution in [0.3, 0.4) is 0 Å². The Hall–Kier alpha value is -1.93. The van der Waals surface area contributed by atoms with Crippen LogP contribution in [0.1, 0.15) is 18.3 Å². The van der Waals surface area contributed by atoms with E-state index in [9.17, 15) is 13.2 Å². The summed E-state index contributed by atoms with van der Waals surface area (Å²) in [5.74, 6) is 0.546. The summed E-state index contributed by atoms with van der Waals surface area (Å²) < 4.78 is 26.4. The van der Waals surface area contributed by atoms with Gasteiger partial charge in [-0.25, -0.2) is 18.1 Å². The number of carbonyl (C=O) groups is 1. The molecule has 0 radical (unpaired) electrons. The van der Waals surface area contributed by atoms with Crippen molar-refractivity contribution in [1.82, 2.24) is 19.6 Å². The van der Waals surface area contributed by atoms with Gasteiger partial charge in [0.05, 0.1) is 23.3 Å². The van der Waals surface area contributed by atoms with E-state index in [4.69, 9.17) is 0 Å². The van der Waals surface area contributed by atoms with Crippen molar-refractivity contribution in [2.24, 2.45) is 7.05 Å². The second kappa shape index (κ2) is 6.05. The summed E-state index contributed by atoms with van der Waals surface area (Å²) in [6.45, 7) is 3.75. The van der Waals surface area contributed by atoms with E-state index in [0.717, 1.165) is 28.7 Å². The van der Waals surface area contributed by atoms with E-state index in [1.807, 2.05) is 36.7 Å². The average molecular weight is 324 g/mol. The van der Waals surface area contributed by atoms with E-state index in [0.29, 0.717) is 6.54 Å². The molecule has 2 N–H and O–H groups in total. The van der Waals surface area contributed by atoms with Crippen molar-refractivity contribution in [2.75, 3.05) is 6.26 Å². The van der Waals surface area contributed by atoms with Crippen LogP contribution in [0.25, 0.3) is 11.0 Å². The van der Waals surface area contributed by atoms with Gasteiger partial charge in [0.2, 0.25) is 15.9 Å². The molecule has 2 rings (SSSR count). The molecule has 1 heterocycles. The number of sulfonamides is 1. The fourth-order valence-corrected chi connectivity index (χ4v) is 2.94. The molecule has 0 unspecified atom stereocenters. The van der Waals surface area contributed by atoms with E-state index in [1.54, 1.807) is 0 Å². The van der Waals surface area contributed by atoms with Gasteiger partial charge in [-0.2, -0.15) is 0 Å². The van der Waals surface area contributed by atoms with Crippen LogP contribution in [-0.4, -0.2) is 36.2 Å². The molecule has 7 nitrogen and oxygen atoms in total. The Morgan fingerprint density at radius 1 is 1.41 bits per heavy atom. The molecule has 1 aromatic heterocycles. The molecule has 1 aromatic carbocycles. The number of aromatic nitrogens is 2. The lowest BCUT2D eigenvalue weighted by Crippen LogP contribution is -2.44. The number of nitrogens with zero attached hydrogens (tertiary/aromatic N) is 2. The molecule has 0 aliphatic rings. The molecular weight excluding hydrogens is 304 g/mol. The minimum atomic E-state index is -3.41. The number of hydrogen-bond acceptors (Lipinski definition) is 4. The number of rotatable bonds is 5. The Bertz CT molecular complexity index is 811. The lowest BCUT2D eigenvalue weighted by atomic mass is 10.2. The molecule has 0 bridgehead atoms. The smallest absolute Gasteiger partial charge is 0.238 e. The molecule has 0 aliphatic carbocycles. The van der Waals surface area contributed by atoms with Gasteiger partial charge in [-0.05, 0) is 31.5 Å². The molecule has 0 aliphatic heterocycles. The normalized spacial score (nSPS) is 13.3. The quantitative estimate of drug-likeness (QED) is 0.834. The third kappa shape index (κ3) is 3.83. The van der Waals surface area contributed by atoms with Gasteiger partial charge in [-0.1, -0.05) is 6.07 Å². The van der Waals surface area contributed by atoms with Crippen LogP contribution in [0.2, 0.25) is 0 Å². The van der Waals surface area contributed by atoms with Gasteiger partial charge in [0.15, 0.2) is 0 Å². The molecule has 0 fully saturated rings. The highest BCUT2D eigenvalue weighted by Crippen LogP contribution is 2.16. The minimum absolute atomic E-state index is 0.320. The van der Waals surface area contributed by atoms with Crippen LogP contribution in [0, 0.1) is 6.92 Å². The Balaban J connectivity index is 2.04. The van der Waals surface area contributed by atoms with Crippen molar-refractivity contribution < 1.29 is 13.2 Å². The van der Waals surface area contributed by atoms with Gasteiger partial charge in [0.25, 0.3) is 0 Å². The first-order valence-electron chi connectivity index (χ1n) is 6.84. The molecule has 1 amide bonds. The van der Waals surface area contributed by atoms with Crippen molar-refractivity contribution in [3.8, 4) is 0 Å². The predicted octanol–water partition coefficient (Wildman–Crippen LogP) is 0.436. The maximum atomic E-state index is 11.9. The van der Waals surface area contributed by atoms with Gasteiger partial charge in [-0.3, -0.25) is 4.79 Å². The van der Waals surface area contributed by atoms with E-state index in [2.05, 4.69) is 15.0 Å². The van der Waals surface area contributed by atoms with Gasteiger partial charge >= 0.3 is 0 Å². The topological polar surface area (TPSA) is 93.1 Å². The fourth-order valence-electron chi connectivity index (χ4n) is 2.19. The van der Waals surface area contributed by atoms with Crippen molar-refractivity contribution in [3.63, 3.8) is 0 Å². The average Bonchev–Trinajstić information content (AvgIpc) is 2.69. The van der Waals surface area contributed by atoms with Crippen molar-refractivity contribution in [1.29, 1.82) is 0 Å². The number of hydrogen-bond donors (Lipinski definition) is 2. The van der Waals surface area contributed by atoms with Crippen LogP contribution in [0.15, 0.2) is 18.2 Å². The van der Waals surface area contributed by atoms with Gasteiger partial charge < -0.3 is 9.88 Å². The molecule has 0 saturated heterocycles. The van der Waals surface area contributed by atoms with Crippen LogP contribution in [-0.2, 0) is 28.4 Å². The monoisotopic (exact) mass is 324 g/mol. The number of imidazole rings is 1. The molecule has 1 atom stereocenters. The zero-order valence-corrected chi connectivity index (χ0v) is 13.9. The number of nitrogens with one attached hydrogen (secondary N) is 2. The molecule has 2 aromatic rings. The zero-order valence-electron chi connectivity index (χ0n) is 13.0. The van der Waals surface area contributed by atoms with Crippen LogP contribution in [0.5, 0.6) is 0 Å². The summed E-state index contributed by atoms with van der Waals surface area (Å²) in [6, 6.07) is 4.97. The van der Waals surface area contributed by atoms with E-state index in [-0.39, 0.29) is 5.91 Å². The fraction of sp³-hybridized carbons (Fsp3) is 0.429. The van der Waals surface area contributed by atoms with E-state index < -0.39 is 16.1 Å². The number of aryl methyl sites for hydroxylation is 2. The molecular formula is C14H20N4O3S. The number of fused-ring (bicyclic) bond motifs is 1. The molecule has 22 heavy (non-hydrogen) atoms. The summed E-state index contributed by atoms with van der Waals surface area (Å²) in [5.41, 5.74) is 2.80. The van der Waals surface area contributed by atoms with E-state index in [1.165, 1.54) is 6.92 Å². The standard InChI is InChI=1S/C14H20N4O3S/c1-9(17-22(4,20)21)14(19)15-8-11-5-6-13-12(7-11)16-10(2)18(13)3/h5-7,9,17H,8H2,1-4H3,(H,15,19)/t9-/m1/s1. The summed E-state index contributed by atoms with van der Waals surface area (Å²) in [7, 11) is -1.46. The summed E-state index contributed by atoms with van der Waals surface area (Å²) in [6.07, 6.45) is 1.02. The number of benzene rings is 1. The van der Waals surface area contributed by atoms with Gasteiger partial charge in [0.1, 0.15) is 5.82 Å². The lowest BCUT2D eigenvalue weighted by Gasteiger charge is -2.12. The van der Waals surface area contributed by atoms with Crippen LogP contribution in [0.4, 0.5) is 0 Å².